The number of hydrogen-bond donors (Lipinski definition) is 1. The van der Waals surface area contributed by atoms with Crippen molar-refractivity contribution in [3.63, 3.8) is 0 Å². The fourth-order valence-electron chi connectivity index (χ4n) is 2.49. The third kappa shape index (κ3) is 2.80. The number of esters is 1. The van der Waals surface area contributed by atoms with Crippen molar-refractivity contribution in [3.8, 4) is 0 Å². The molecule has 0 aliphatic heterocycles. The number of aromatic nitrogens is 3. The highest BCUT2D eigenvalue weighted by molar-refractivity contribution is 5.91. The summed E-state index contributed by atoms with van der Waals surface area (Å²) in [5, 5.41) is 4.33. The highest BCUT2D eigenvalue weighted by Gasteiger charge is 2.24. The normalized spacial score (nSPS) is 12.3. The Bertz CT molecular complexity index is 958. The van der Waals surface area contributed by atoms with Crippen LogP contribution in [0.5, 0.6) is 0 Å². The smallest absolute Gasteiger partial charge is 0.344 e. The summed E-state index contributed by atoms with van der Waals surface area (Å²) in [6.45, 7) is 5.18. The molecular weight excluding hydrogens is 310 g/mol. The third-order valence-electron chi connectivity index (χ3n) is 3.77. The lowest BCUT2D eigenvalue weighted by Gasteiger charge is -2.13. The lowest BCUT2D eigenvalue weighted by Crippen LogP contribution is -2.18. The van der Waals surface area contributed by atoms with E-state index >= 15 is 0 Å². The van der Waals surface area contributed by atoms with Gasteiger partial charge >= 0.3 is 5.97 Å². The van der Waals surface area contributed by atoms with Crippen molar-refractivity contribution < 1.29 is 14.1 Å². The number of fused-ring (bicyclic) bond motifs is 1. The maximum atomic E-state index is 12.4. The van der Waals surface area contributed by atoms with Crippen LogP contribution in [0.4, 0.5) is 0 Å². The topological polar surface area (TPSA) is 98.1 Å². The molecule has 1 aromatic carbocycles. The number of H-pyrrole nitrogens is 1. The van der Waals surface area contributed by atoms with Crippen molar-refractivity contribution in [1.82, 2.24) is 15.1 Å². The summed E-state index contributed by atoms with van der Waals surface area (Å²) in [6.07, 6.45) is -0.157. The second-order valence-corrected chi connectivity index (χ2v) is 5.43. The molecule has 0 saturated carbocycles. The van der Waals surface area contributed by atoms with Crippen LogP contribution >= 0.6 is 0 Å². The molecule has 2 aromatic heterocycles. The number of ether oxygens (including phenoxy) is 1. The summed E-state index contributed by atoms with van der Waals surface area (Å²) < 4.78 is 10.5. The standard InChI is InChI=1S/C17H17N3O4/c1-4-12-14(9(2)24-20-12)17(22)23-10(3)15-18-13-8-6-5-7-11(13)16(21)19-15/h5-8,10H,4H2,1-3H3,(H,18,19,21)/t10-/m1/s1. The predicted octanol–water partition coefficient (Wildman–Crippen LogP) is 2.70. The molecule has 3 aromatic rings. The highest BCUT2D eigenvalue weighted by atomic mass is 16.5. The molecule has 1 atom stereocenters. The Hall–Kier alpha value is -2.96. The molecule has 0 spiro atoms. The van der Waals surface area contributed by atoms with E-state index in [1.54, 1.807) is 38.1 Å². The molecule has 3 rings (SSSR count). The largest absolute Gasteiger partial charge is 0.451 e. The Morgan fingerprint density at radius 2 is 2.12 bits per heavy atom. The fourth-order valence-corrected chi connectivity index (χ4v) is 2.49. The van der Waals surface area contributed by atoms with E-state index in [4.69, 9.17) is 9.26 Å². The molecule has 124 valence electrons. The number of rotatable bonds is 4. The second-order valence-electron chi connectivity index (χ2n) is 5.43. The van der Waals surface area contributed by atoms with E-state index in [2.05, 4.69) is 15.1 Å². The summed E-state index contributed by atoms with van der Waals surface area (Å²) in [5.74, 6) is 0.150. The molecule has 0 fully saturated rings. The molecule has 1 N–H and O–H groups in total. The molecule has 0 bridgehead atoms. The number of aryl methyl sites for hydroxylation is 2. The van der Waals surface area contributed by atoms with Crippen LogP contribution in [0, 0.1) is 6.92 Å². The summed E-state index contributed by atoms with van der Waals surface area (Å²) >= 11 is 0. The van der Waals surface area contributed by atoms with E-state index < -0.39 is 12.1 Å². The Morgan fingerprint density at radius 1 is 1.38 bits per heavy atom. The first kappa shape index (κ1) is 15.9. The minimum absolute atomic E-state index is 0.270. The van der Waals surface area contributed by atoms with Gasteiger partial charge in [0, 0.05) is 0 Å². The molecule has 0 aliphatic carbocycles. The molecule has 7 nitrogen and oxygen atoms in total. The fraction of sp³-hybridized carbons (Fsp3) is 0.294. The zero-order valence-electron chi connectivity index (χ0n) is 13.6. The van der Waals surface area contributed by atoms with Crippen molar-refractivity contribution in [2.24, 2.45) is 0 Å². The minimum atomic E-state index is -0.714. The van der Waals surface area contributed by atoms with Crippen molar-refractivity contribution >= 4 is 16.9 Å². The van der Waals surface area contributed by atoms with Crippen molar-refractivity contribution in [2.45, 2.75) is 33.3 Å². The summed E-state index contributed by atoms with van der Waals surface area (Å²) in [7, 11) is 0. The van der Waals surface area contributed by atoms with Gasteiger partial charge < -0.3 is 14.2 Å². The van der Waals surface area contributed by atoms with Gasteiger partial charge in [-0.15, -0.1) is 0 Å². The first-order chi connectivity index (χ1) is 11.5. The average Bonchev–Trinajstić information content (AvgIpc) is 2.95. The maximum absolute atomic E-state index is 12.4. The van der Waals surface area contributed by atoms with E-state index in [9.17, 15) is 9.59 Å². The number of benzene rings is 1. The Morgan fingerprint density at radius 3 is 2.88 bits per heavy atom. The quantitative estimate of drug-likeness (QED) is 0.740. The van der Waals surface area contributed by atoms with Crippen LogP contribution in [-0.4, -0.2) is 21.1 Å². The summed E-state index contributed by atoms with van der Waals surface area (Å²) in [6, 6.07) is 6.99. The van der Waals surface area contributed by atoms with Gasteiger partial charge in [0.05, 0.1) is 16.6 Å². The number of nitrogens with one attached hydrogen (secondary N) is 1. The summed E-state index contributed by atoms with van der Waals surface area (Å²) in [5.41, 5.74) is 1.15. The number of para-hydroxylation sites is 1. The Labute approximate surface area is 137 Å². The van der Waals surface area contributed by atoms with Gasteiger partial charge in [-0.3, -0.25) is 4.79 Å². The van der Waals surface area contributed by atoms with E-state index in [0.29, 0.717) is 40.2 Å². The van der Waals surface area contributed by atoms with Crippen molar-refractivity contribution in [2.75, 3.05) is 0 Å². The van der Waals surface area contributed by atoms with Crippen LogP contribution in [0.2, 0.25) is 0 Å². The zero-order chi connectivity index (χ0) is 17.3. The number of nitrogens with zero attached hydrogens (tertiary/aromatic N) is 2. The first-order valence-corrected chi connectivity index (χ1v) is 7.66. The lowest BCUT2D eigenvalue weighted by molar-refractivity contribution is 0.0317. The van der Waals surface area contributed by atoms with Crippen LogP contribution in [-0.2, 0) is 11.2 Å². The molecule has 24 heavy (non-hydrogen) atoms. The van der Waals surface area contributed by atoms with E-state index in [-0.39, 0.29) is 5.56 Å². The first-order valence-electron chi connectivity index (χ1n) is 7.66. The van der Waals surface area contributed by atoms with Gasteiger partial charge in [0.25, 0.3) is 5.56 Å². The van der Waals surface area contributed by atoms with E-state index in [0.717, 1.165) is 0 Å². The average molecular weight is 327 g/mol. The molecule has 2 heterocycles. The van der Waals surface area contributed by atoms with Gasteiger partial charge in [-0.2, -0.15) is 0 Å². The maximum Gasteiger partial charge on any atom is 0.344 e. The highest BCUT2D eigenvalue weighted by Crippen LogP contribution is 2.20. The molecule has 0 saturated heterocycles. The monoisotopic (exact) mass is 327 g/mol. The van der Waals surface area contributed by atoms with Crippen LogP contribution in [0.25, 0.3) is 10.9 Å². The molecule has 0 unspecified atom stereocenters. The second kappa shape index (κ2) is 6.27. The van der Waals surface area contributed by atoms with Crippen LogP contribution in [0.1, 0.15) is 47.6 Å². The summed E-state index contributed by atoms with van der Waals surface area (Å²) in [4.78, 5) is 31.5. The lowest BCUT2D eigenvalue weighted by atomic mass is 10.1. The number of carbonyl (C=O) groups is 1. The minimum Gasteiger partial charge on any atom is -0.451 e. The number of aromatic amines is 1. The molecule has 0 radical (unpaired) electrons. The van der Waals surface area contributed by atoms with Crippen molar-refractivity contribution in [1.29, 1.82) is 0 Å². The van der Waals surface area contributed by atoms with Crippen LogP contribution < -0.4 is 5.56 Å². The molecule has 7 heteroatoms. The Balaban J connectivity index is 1.90. The zero-order valence-corrected chi connectivity index (χ0v) is 13.6. The van der Waals surface area contributed by atoms with Crippen LogP contribution in [0.3, 0.4) is 0 Å². The van der Waals surface area contributed by atoms with Gasteiger partial charge in [0.1, 0.15) is 11.3 Å². The molecular formula is C17H17N3O4. The van der Waals surface area contributed by atoms with Gasteiger partial charge in [0.2, 0.25) is 0 Å². The predicted molar refractivity (Wildman–Crippen MR) is 86.8 cm³/mol. The van der Waals surface area contributed by atoms with Gasteiger partial charge in [0.15, 0.2) is 11.9 Å². The van der Waals surface area contributed by atoms with Crippen LogP contribution in [0.15, 0.2) is 33.6 Å². The third-order valence-corrected chi connectivity index (χ3v) is 3.77. The van der Waals surface area contributed by atoms with Crippen molar-refractivity contribution in [3.05, 3.63) is 57.5 Å². The van der Waals surface area contributed by atoms with Gasteiger partial charge in [-0.1, -0.05) is 24.2 Å². The SMILES string of the molecule is CCc1noc(C)c1C(=O)O[C@H](C)c1nc2ccccc2c(=O)[nH]1. The Kier molecular flexibility index (Phi) is 4.16. The molecule has 0 aliphatic rings. The van der Waals surface area contributed by atoms with E-state index in [1.807, 2.05) is 6.92 Å². The van der Waals surface area contributed by atoms with Gasteiger partial charge in [-0.05, 0) is 32.4 Å². The van der Waals surface area contributed by atoms with Gasteiger partial charge in [-0.25, -0.2) is 9.78 Å². The molecule has 0 amide bonds. The number of carbonyl (C=O) groups excluding carboxylic acids is 1. The van der Waals surface area contributed by atoms with E-state index in [1.165, 1.54) is 0 Å². The number of hydrogen-bond acceptors (Lipinski definition) is 6.